The second kappa shape index (κ2) is 11.1. The molecule has 2 aromatic rings. The van der Waals surface area contributed by atoms with Crippen LogP contribution in [0.15, 0.2) is 12.3 Å². The summed E-state index contributed by atoms with van der Waals surface area (Å²) in [5.74, 6) is 0.344. The zero-order valence-corrected chi connectivity index (χ0v) is 25.2. The summed E-state index contributed by atoms with van der Waals surface area (Å²) in [6, 6.07) is 1.76. The average Bonchev–Trinajstić information content (AvgIpc) is 3.27. The molecule has 2 aromatic heterocycles. The van der Waals surface area contributed by atoms with Gasteiger partial charge in [-0.3, -0.25) is 9.88 Å². The van der Waals surface area contributed by atoms with Crippen molar-refractivity contribution in [1.29, 1.82) is 0 Å². The van der Waals surface area contributed by atoms with E-state index in [1.807, 2.05) is 46.2 Å². The number of nitrogens with zero attached hydrogens (tertiary/aromatic N) is 4. The van der Waals surface area contributed by atoms with Crippen molar-refractivity contribution in [3.05, 3.63) is 23.7 Å². The van der Waals surface area contributed by atoms with Gasteiger partial charge >= 0.3 is 6.09 Å². The Hall–Kier alpha value is -2.23. The highest BCUT2D eigenvalue weighted by molar-refractivity contribution is 5.73. The quantitative estimate of drug-likeness (QED) is 0.480. The SMILES string of the molecule is CC(C)C[C@H](OCCC(O)c1cnc2cc(C(C)(C)C)n(C)c2n1)[C@@H]1COC(C)(C)N1C(=O)OC(C)(C)C. The van der Waals surface area contributed by atoms with Gasteiger partial charge in [-0.1, -0.05) is 34.6 Å². The Morgan fingerprint density at radius 1 is 1.24 bits per heavy atom. The third-order valence-electron chi connectivity index (χ3n) is 6.83. The number of amides is 1. The minimum atomic E-state index is -0.821. The molecule has 3 rings (SSSR count). The fourth-order valence-electron chi connectivity index (χ4n) is 5.02. The lowest BCUT2D eigenvalue weighted by Crippen LogP contribution is -2.54. The van der Waals surface area contributed by atoms with Gasteiger partial charge in [-0.2, -0.15) is 0 Å². The van der Waals surface area contributed by atoms with Gasteiger partial charge in [0.25, 0.3) is 0 Å². The summed E-state index contributed by atoms with van der Waals surface area (Å²) < 4.78 is 20.1. The Morgan fingerprint density at radius 2 is 1.89 bits per heavy atom. The van der Waals surface area contributed by atoms with Crippen molar-refractivity contribution < 1.29 is 24.1 Å². The van der Waals surface area contributed by atoms with E-state index in [2.05, 4.69) is 45.7 Å². The van der Waals surface area contributed by atoms with Crippen LogP contribution in [0.25, 0.3) is 11.2 Å². The van der Waals surface area contributed by atoms with Crippen LogP contribution in [-0.2, 0) is 26.7 Å². The van der Waals surface area contributed by atoms with Crippen molar-refractivity contribution >= 4 is 17.3 Å². The van der Waals surface area contributed by atoms with Gasteiger partial charge in [-0.05, 0) is 53.0 Å². The number of aromatic nitrogens is 3. The average molecular weight is 533 g/mol. The fraction of sp³-hybridized carbons (Fsp3) is 0.759. The van der Waals surface area contributed by atoms with E-state index in [9.17, 15) is 9.90 Å². The lowest BCUT2D eigenvalue weighted by atomic mass is 9.92. The highest BCUT2D eigenvalue weighted by Gasteiger charge is 2.49. The van der Waals surface area contributed by atoms with E-state index >= 15 is 0 Å². The molecule has 1 fully saturated rings. The number of fused-ring (bicyclic) bond motifs is 1. The summed E-state index contributed by atoms with van der Waals surface area (Å²) in [6.45, 7) is 20.7. The van der Waals surface area contributed by atoms with Crippen LogP contribution in [0.5, 0.6) is 0 Å². The lowest BCUT2D eigenvalue weighted by Gasteiger charge is -2.38. The van der Waals surface area contributed by atoms with E-state index in [0.717, 1.165) is 23.3 Å². The molecule has 3 atom stereocenters. The Bertz CT molecular complexity index is 1110. The van der Waals surface area contributed by atoms with Gasteiger partial charge in [0.1, 0.15) is 16.8 Å². The van der Waals surface area contributed by atoms with Crippen LogP contribution in [0.2, 0.25) is 0 Å². The second-order valence-electron chi connectivity index (χ2n) is 13.4. The van der Waals surface area contributed by atoms with E-state index in [1.165, 1.54) is 0 Å². The first-order chi connectivity index (χ1) is 17.4. The van der Waals surface area contributed by atoms with Gasteiger partial charge in [0.05, 0.1) is 36.7 Å². The van der Waals surface area contributed by atoms with Crippen LogP contribution in [0, 0.1) is 5.92 Å². The summed E-state index contributed by atoms with van der Waals surface area (Å²) in [6.07, 6.45) is 1.23. The van der Waals surface area contributed by atoms with Crippen LogP contribution < -0.4 is 0 Å². The highest BCUT2D eigenvalue weighted by atomic mass is 16.6. The fourth-order valence-corrected chi connectivity index (χ4v) is 5.02. The van der Waals surface area contributed by atoms with Crippen LogP contribution in [-0.4, -0.2) is 67.3 Å². The molecule has 1 unspecified atom stereocenters. The Labute approximate surface area is 227 Å². The van der Waals surface area contributed by atoms with E-state index < -0.39 is 23.5 Å². The summed E-state index contributed by atoms with van der Waals surface area (Å²) in [4.78, 5) is 24.1. The van der Waals surface area contributed by atoms with Gasteiger partial charge in [0.2, 0.25) is 0 Å². The molecule has 1 aliphatic heterocycles. The minimum absolute atomic E-state index is 0.0408. The van der Waals surface area contributed by atoms with Crippen LogP contribution >= 0.6 is 0 Å². The molecule has 0 radical (unpaired) electrons. The van der Waals surface area contributed by atoms with Gasteiger partial charge < -0.3 is 23.9 Å². The maximum atomic E-state index is 13.2. The van der Waals surface area contributed by atoms with E-state index in [1.54, 1.807) is 11.1 Å². The molecule has 1 amide bonds. The van der Waals surface area contributed by atoms with Crippen molar-refractivity contribution in [2.45, 2.75) is 117 Å². The third kappa shape index (κ3) is 7.04. The highest BCUT2D eigenvalue weighted by Crippen LogP contribution is 2.34. The van der Waals surface area contributed by atoms with Crippen molar-refractivity contribution in [3.63, 3.8) is 0 Å². The van der Waals surface area contributed by atoms with Crippen LogP contribution in [0.1, 0.15) is 99.6 Å². The number of hydrogen-bond acceptors (Lipinski definition) is 7. The first kappa shape index (κ1) is 30.3. The molecule has 1 N–H and O–H groups in total. The van der Waals surface area contributed by atoms with Gasteiger partial charge in [0, 0.05) is 31.2 Å². The number of carbonyl (C=O) groups is 1. The van der Waals surface area contributed by atoms with Crippen molar-refractivity contribution in [2.24, 2.45) is 13.0 Å². The molecular formula is C29H48N4O5. The molecule has 0 saturated carbocycles. The topological polar surface area (TPSA) is 98.9 Å². The Balaban J connectivity index is 1.73. The third-order valence-corrected chi connectivity index (χ3v) is 6.83. The van der Waals surface area contributed by atoms with Crippen molar-refractivity contribution in [2.75, 3.05) is 13.2 Å². The molecule has 1 aliphatic rings. The zero-order chi connectivity index (χ0) is 28.6. The molecule has 0 aromatic carbocycles. The number of hydrogen-bond donors (Lipinski definition) is 1. The summed E-state index contributed by atoms with van der Waals surface area (Å²) in [7, 11) is 1.98. The molecule has 0 spiro atoms. The Morgan fingerprint density at radius 3 is 2.47 bits per heavy atom. The molecule has 214 valence electrons. The van der Waals surface area contributed by atoms with E-state index in [4.69, 9.17) is 19.2 Å². The van der Waals surface area contributed by atoms with Crippen LogP contribution in [0.3, 0.4) is 0 Å². The standard InChI is InChI=1S/C29H48N4O5/c1-18(2)14-23(21-17-37-29(9,10)33(21)26(35)38-28(6,7)8)36-13-12-22(34)20-16-30-19-15-24(27(3,4)5)32(11)25(19)31-20/h15-16,18,21-23,34H,12-14,17H2,1-11H3/t21-,22?,23-/m0/s1. The minimum Gasteiger partial charge on any atom is -0.444 e. The first-order valence-electron chi connectivity index (χ1n) is 13.7. The molecular weight excluding hydrogens is 484 g/mol. The summed E-state index contributed by atoms with van der Waals surface area (Å²) in [5.41, 5.74) is 1.75. The summed E-state index contributed by atoms with van der Waals surface area (Å²) in [5, 5.41) is 10.9. The molecule has 0 aliphatic carbocycles. The number of ether oxygens (including phenoxy) is 3. The first-order valence-corrected chi connectivity index (χ1v) is 13.7. The molecule has 9 nitrogen and oxygen atoms in total. The van der Waals surface area contributed by atoms with Gasteiger partial charge in [-0.25, -0.2) is 9.78 Å². The molecule has 9 heteroatoms. The summed E-state index contributed by atoms with van der Waals surface area (Å²) >= 11 is 0. The normalized spacial score (nSPS) is 19.8. The number of aryl methyl sites for hydroxylation is 1. The predicted octanol–water partition coefficient (Wildman–Crippen LogP) is 5.49. The number of carbonyl (C=O) groups excluding carboxylic acids is 1. The van der Waals surface area contributed by atoms with Crippen molar-refractivity contribution in [1.82, 2.24) is 19.4 Å². The van der Waals surface area contributed by atoms with Gasteiger partial charge in [-0.15, -0.1) is 0 Å². The number of aliphatic hydroxyl groups excluding tert-OH is 1. The molecule has 38 heavy (non-hydrogen) atoms. The lowest BCUT2D eigenvalue weighted by molar-refractivity contribution is -0.0758. The molecule has 1 saturated heterocycles. The number of aliphatic hydroxyl groups is 1. The Kier molecular flexibility index (Phi) is 8.85. The monoisotopic (exact) mass is 532 g/mol. The van der Waals surface area contributed by atoms with Gasteiger partial charge in [0.15, 0.2) is 5.65 Å². The maximum Gasteiger partial charge on any atom is 0.412 e. The smallest absolute Gasteiger partial charge is 0.412 e. The second-order valence-corrected chi connectivity index (χ2v) is 13.4. The van der Waals surface area contributed by atoms with Crippen molar-refractivity contribution in [3.8, 4) is 0 Å². The predicted molar refractivity (Wildman–Crippen MR) is 148 cm³/mol. The maximum absolute atomic E-state index is 13.2. The van der Waals surface area contributed by atoms with Crippen LogP contribution in [0.4, 0.5) is 4.79 Å². The number of rotatable bonds is 8. The van der Waals surface area contributed by atoms with E-state index in [-0.39, 0.29) is 17.6 Å². The molecule has 3 heterocycles. The largest absolute Gasteiger partial charge is 0.444 e. The molecule has 0 bridgehead atoms. The zero-order valence-electron chi connectivity index (χ0n) is 25.2. The van der Waals surface area contributed by atoms with E-state index in [0.29, 0.717) is 31.2 Å².